The topological polar surface area (TPSA) is 69.8 Å². The normalized spacial score (nSPS) is 11.8. The molecule has 0 aliphatic rings. The smallest absolute Gasteiger partial charge is 0.319 e. The van der Waals surface area contributed by atoms with Crippen LogP contribution in [0.3, 0.4) is 0 Å². The second kappa shape index (κ2) is 5.16. The Bertz CT molecular complexity index is 467. The summed E-state index contributed by atoms with van der Waals surface area (Å²) in [5, 5.41) is 5.45. The monoisotopic (exact) mass is 229 g/mol. The molecule has 0 fully saturated rings. The van der Waals surface area contributed by atoms with Crippen LogP contribution >= 0.6 is 0 Å². The molecule has 87 valence electrons. The van der Waals surface area contributed by atoms with Gasteiger partial charge in [-0.05, 0) is 13.0 Å². The number of benzene rings is 1. The molecule has 2 rings (SSSR count). The van der Waals surface area contributed by atoms with E-state index in [4.69, 9.17) is 0 Å². The number of para-hydroxylation sites is 1. The minimum absolute atomic E-state index is 0.172. The molecular weight excluding hydrogens is 216 g/mol. The highest BCUT2D eigenvalue weighted by Gasteiger charge is 2.10. The van der Waals surface area contributed by atoms with E-state index in [0.29, 0.717) is 5.69 Å². The van der Waals surface area contributed by atoms with Gasteiger partial charge in [-0.15, -0.1) is 0 Å². The predicted octanol–water partition coefficient (Wildman–Crippen LogP) is 2.09. The van der Waals surface area contributed by atoms with Crippen molar-refractivity contribution in [2.75, 3.05) is 5.32 Å². The van der Waals surface area contributed by atoms with Gasteiger partial charge in [-0.3, -0.25) is 0 Å². The van der Waals surface area contributed by atoms with Crippen molar-refractivity contribution in [1.82, 2.24) is 15.3 Å². The number of hydrogen-bond acceptors (Lipinski definition) is 2. The number of nitrogens with zero attached hydrogens (tertiary/aromatic N) is 1. The Hall–Kier alpha value is -2.30. The summed E-state index contributed by atoms with van der Waals surface area (Å²) in [5.41, 5.74) is 0.636. The maximum absolute atomic E-state index is 11.6. The first kappa shape index (κ1) is 11.2. The number of urea groups is 1. The third-order valence-electron chi connectivity index (χ3n) is 2.23. The average molecular weight is 229 g/mol. The summed E-state index contributed by atoms with van der Waals surface area (Å²) in [5.74, 6) is 0.720. The van der Waals surface area contributed by atoms with Crippen molar-refractivity contribution in [3.05, 3.63) is 48.5 Å². The van der Waals surface area contributed by atoms with Gasteiger partial charge in [0.1, 0.15) is 5.82 Å². The molecule has 17 heavy (non-hydrogen) atoms. The van der Waals surface area contributed by atoms with Gasteiger partial charge in [0.05, 0.1) is 11.7 Å². The summed E-state index contributed by atoms with van der Waals surface area (Å²) in [4.78, 5) is 18.6. The summed E-state index contributed by atoms with van der Waals surface area (Å²) in [6.07, 6.45) is 3.37. The number of carbonyl (C=O) groups is 1. The SMILES string of the molecule is CC(NC(=O)Nc1[c]cccc1)c1ncc[nH]1. The molecule has 2 amide bonds. The molecule has 5 heteroatoms. The number of aromatic nitrogens is 2. The number of nitrogens with one attached hydrogen (secondary N) is 3. The molecule has 1 radical (unpaired) electrons. The molecule has 0 aliphatic heterocycles. The van der Waals surface area contributed by atoms with Gasteiger partial charge < -0.3 is 15.6 Å². The molecule has 2 aromatic rings. The van der Waals surface area contributed by atoms with E-state index in [-0.39, 0.29) is 12.1 Å². The maximum atomic E-state index is 11.6. The zero-order valence-corrected chi connectivity index (χ0v) is 9.40. The van der Waals surface area contributed by atoms with E-state index in [1.54, 1.807) is 24.5 Å². The van der Waals surface area contributed by atoms with Crippen LogP contribution in [0.1, 0.15) is 18.8 Å². The first-order chi connectivity index (χ1) is 8.25. The first-order valence-electron chi connectivity index (χ1n) is 5.29. The van der Waals surface area contributed by atoms with Crippen LogP contribution in [0.2, 0.25) is 0 Å². The van der Waals surface area contributed by atoms with Gasteiger partial charge in [-0.2, -0.15) is 0 Å². The van der Waals surface area contributed by atoms with Gasteiger partial charge in [-0.25, -0.2) is 9.78 Å². The molecule has 0 bridgehead atoms. The fourth-order valence-corrected chi connectivity index (χ4v) is 1.41. The lowest BCUT2D eigenvalue weighted by Crippen LogP contribution is -2.31. The summed E-state index contributed by atoms with van der Waals surface area (Å²) in [6, 6.07) is 9.65. The lowest BCUT2D eigenvalue weighted by molar-refractivity contribution is 0.249. The lowest BCUT2D eigenvalue weighted by atomic mass is 10.3. The molecule has 0 saturated carbocycles. The minimum Gasteiger partial charge on any atom is -0.347 e. The molecule has 3 N–H and O–H groups in total. The molecule has 0 spiro atoms. The summed E-state index contributed by atoms with van der Waals surface area (Å²) in [6.45, 7) is 1.85. The number of hydrogen-bond donors (Lipinski definition) is 3. The van der Waals surface area contributed by atoms with Crippen molar-refractivity contribution < 1.29 is 4.79 Å². The Morgan fingerprint density at radius 3 is 3.06 bits per heavy atom. The third-order valence-corrected chi connectivity index (χ3v) is 2.23. The average Bonchev–Trinajstić information content (AvgIpc) is 2.83. The van der Waals surface area contributed by atoms with E-state index in [1.807, 2.05) is 19.1 Å². The summed E-state index contributed by atoms with van der Waals surface area (Å²) in [7, 11) is 0. The Kier molecular flexibility index (Phi) is 3.40. The van der Waals surface area contributed by atoms with E-state index in [9.17, 15) is 4.79 Å². The molecule has 1 unspecified atom stereocenters. The van der Waals surface area contributed by atoms with Crippen molar-refractivity contribution in [2.24, 2.45) is 0 Å². The molecule has 1 aromatic carbocycles. The molecular formula is C12H13N4O. The molecule has 1 aromatic heterocycles. The fraction of sp³-hybridized carbons (Fsp3) is 0.167. The van der Waals surface area contributed by atoms with Crippen LogP contribution in [0.25, 0.3) is 0 Å². The minimum atomic E-state index is -0.281. The lowest BCUT2D eigenvalue weighted by Gasteiger charge is -2.12. The van der Waals surface area contributed by atoms with Crippen molar-refractivity contribution in [3.8, 4) is 0 Å². The highest BCUT2D eigenvalue weighted by Crippen LogP contribution is 2.07. The van der Waals surface area contributed by atoms with Crippen LogP contribution < -0.4 is 10.6 Å². The van der Waals surface area contributed by atoms with E-state index < -0.39 is 0 Å². The Labute approximate surface area is 99.3 Å². The number of imidazole rings is 1. The maximum Gasteiger partial charge on any atom is 0.319 e. The number of aromatic amines is 1. The van der Waals surface area contributed by atoms with Crippen molar-refractivity contribution >= 4 is 11.7 Å². The van der Waals surface area contributed by atoms with Gasteiger partial charge in [0.25, 0.3) is 0 Å². The van der Waals surface area contributed by atoms with Crippen LogP contribution in [-0.4, -0.2) is 16.0 Å². The molecule has 1 heterocycles. The molecule has 0 aliphatic carbocycles. The number of carbonyl (C=O) groups excluding carboxylic acids is 1. The largest absolute Gasteiger partial charge is 0.347 e. The van der Waals surface area contributed by atoms with E-state index in [0.717, 1.165) is 5.82 Å². The Morgan fingerprint density at radius 1 is 1.53 bits per heavy atom. The fourth-order valence-electron chi connectivity index (χ4n) is 1.41. The van der Waals surface area contributed by atoms with Gasteiger partial charge in [0, 0.05) is 18.5 Å². The van der Waals surface area contributed by atoms with Crippen LogP contribution in [-0.2, 0) is 0 Å². The van der Waals surface area contributed by atoms with Gasteiger partial charge in [0.2, 0.25) is 0 Å². The van der Waals surface area contributed by atoms with Crippen molar-refractivity contribution in [1.29, 1.82) is 0 Å². The van der Waals surface area contributed by atoms with Crippen LogP contribution in [0, 0.1) is 6.07 Å². The van der Waals surface area contributed by atoms with E-state index in [2.05, 4.69) is 26.7 Å². The van der Waals surface area contributed by atoms with Gasteiger partial charge in [0.15, 0.2) is 0 Å². The summed E-state index contributed by atoms with van der Waals surface area (Å²) >= 11 is 0. The number of H-pyrrole nitrogens is 1. The van der Waals surface area contributed by atoms with Crippen LogP contribution in [0.4, 0.5) is 10.5 Å². The standard InChI is InChI=1S/C12H13N4O/c1-9(11-13-7-8-14-11)15-12(17)16-10-5-3-2-4-6-10/h2-5,7-9H,1H3,(H,13,14)(H2,15,16,17). The quantitative estimate of drug-likeness (QED) is 0.754. The number of amides is 2. The van der Waals surface area contributed by atoms with Gasteiger partial charge in [-0.1, -0.05) is 18.2 Å². The molecule has 5 nitrogen and oxygen atoms in total. The zero-order chi connectivity index (χ0) is 12.1. The highest BCUT2D eigenvalue weighted by molar-refractivity contribution is 5.89. The first-order valence-corrected chi connectivity index (χ1v) is 5.29. The van der Waals surface area contributed by atoms with Crippen molar-refractivity contribution in [2.45, 2.75) is 13.0 Å². The third kappa shape index (κ3) is 3.07. The Balaban J connectivity index is 1.90. The highest BCUT2D eigenvalue weighted by atomic mass is 16.2. The Morgan fingerprint density at radius 2 is 2.41 bits per heavy atom. The number of anilines is 1. The summed E-state index contributed by atoms with van der Waals surface area (Å²) < 4.78 is 0. The van der Waals surface area contributed by atoms with Gasteiger partial charge >= 0.3 is 6.03 Å². The second-order valence-corrected chi connectivity index (χ2v) is 3.57. The van der Waals surface area contributed by atoms with Crippen LogP contribution in [0.15, 0.2) is 36.7 Å². The number of rotatable bonds is 3. The predicted molar refractivity (Wildman–Crippen MR) is 64.4 cm³/mol. The molecule has 1 atom stereocenters. The second-order valence-electron chi connectivity index (χ2n) is 3.57. The molecule has 0 saturated heterocycles. The van der Waals surface area contributed by atoms with E-state index in [1.165, 1.54) is 0 Å². The van der Waals surface area contributed by atoms with Crippen LogP contribution in [0.5, 0.6) is 0 Å². The van der Waals surface area contributed by atoms with Crippen molar-refractivity contribution in [3.63, 3.8) is 0 Å². The van der Waals surface area contributed by atoms with E-state index >= 15 is 0 Å². The zero-order valence-electron chi connectivity index (χ0n) is 9.40.